The van der Waals surface area contributed by atoms with Gasteiger partial charge in [-0.25, -0.2) is 0 Å². The molecular weight excluding hydrogens is 236 g/mol. The van der Waals surface area contributed by atoms with Crippen molar-refractivity contribution in [2.75, 3.05) is 20.6 Å². The third kappa shape index (κ3) is 4.52. The van der Waals surface area contributed by atoms with Crippen LogP contribution in [0.1, 0.15) is 18.4 Å². The molecule has 1 aromatic carbocycles. The number of likely N-dealkylation sites (N-methyl/N-ethyl adjacent to an activating group) is 1. The number of hydrogen-bond acceptors (Lipinski definition) is 2. The van der Waals surface area contributed by atoms with Crippen LogP contribution in [0.5, 0.6) is 0 Å². The first-order chi connectivity index (χ1) is 9.10. The fourth-order valence-corrected chi connectivity index (χ4v) is 2.16. The molecule has 1 aliphatic carbocycles. The lowest BCUT2D eigenvalue weighted by molar-refractivity contribution is -0.117. The molecule has 19 heavy (non-hydrogen) atoms. The van der Waals surface area contributed by atoms with E-state index >= 15 is 0 Å². The summed E-state index contributed by atoms with van der Waals surface area (Å²) >= 11 is 0. The molecule has 1 saturated carbocycles. The minimum absolute atomic E-state index is 0.000886. The minimum atomic E-state index is 0.000886. The van der Waals surface area contributed by atoms with Crippen LogP contribution in [0.4, 0.5) is 0 Å². The van der Waals surface area contributed by atoms with E-state index in [1.165, 1.54) is 5.56 Å². The van der Waals surface area contributed by atoms with Crippen molar-refractivity contribution in [1.82, 2.24) is 10.2 Å². The second kappa shape index (κ2) is 6.02. The third-order valence-corrected chi connectivity index (χ3v) is 3.37. The summed E-state index contributed by atoms with van der Waals surface area (Å²) < 4.78 is 0. The molecule has 1 aromatic rings. The van der Waals surface area contributed by atoms with Crippen LogP contribution in [0.2, 0.25) is 0 Å². The first kappa shape index (κ1) is 13.8. The molecule has 0 radical (unpaired) electrons. The largest absolute Gasteiger partial charge is 0.347 e. The van der Waals surface area contributed by atoms with Crippen LogP contribution < -0.4 is 5.32 Å². The van der Waals surface area contributed by atoms with Crippen molar-refractivity contribution in [2.24, 2.45) is 0 Å². The average Bonchev–Trinajstić information content (AvgIpc) is 3.09. The molecule has 0 atom stereocenters. The van der Waals surface area contributed by atoms with Crippen molar-refractivity contribution in [2.45, 2.75) is 24.8 Å². The Morgan fingerprint density at radius 2 is 2.00 bits per heavy atom. The first-order valence-corrected chi connectivity index (χ1v) is 6.77. The van der Waals surface area contributed by atoms with Gasteiger partial charge in [-0.3, -0.25) is 4.79 Å². The number of benzene rings is 1. The highest BCUT2D eigenvalue weighted by molar-refractivity contribution is 5.88. The monoisotopic (exact) mass is 258 g/mol. The molecule has 0 spiro atoms. The smallest absolute Gasteiger partial charge is 0.244 e. The SMILES string of the molecule is CN(C)C/C=C/C(=O)NC1(Cc2ccccc2)CC1. The van der Waals surface area contributed by atoms with Gasteiger partial charge in [-0.2, -0.15) is 0 Å². The molecule has 1 N–H and O–H groups in total. The maximum Gasteiger partial charge on any atom is 0.244 e. The summed E-state index contributed by atoms with van der Waals surface area (Å²) in [6, 6.07) is 10.3. The van der Waals surface area contributed by atoms with E-state index in [9.17, 15) is 4.79 Å². The highest BCUT2D eigenvalue weighted by Gasteiger charge is 2.43. The molecular formula is C16H22N2O. The summed E-state index contributed by atoms with van der Waals surface area (Å²) in [5.41, 5.74) is 1.29. The number of carbonyl (C=O) groups excluding carboxylic acids is 1. The van der Waals surface area contributed by atoms with E-state index in [4.69, 9.17) is 0 Å². The van der Waals surface area contributed by atoms with E-state index in [1.54, 1.807) is 6.08 Å². The van der Waals surface area contributed by atoms with E-state index in [0.29, 0.717) is 0 Å². The summed E-state index contributed by atoms with van der Waals surface area (Å²) in [6.45, 7) is 0.791. The van der Waals surface area contributed by atoms with Gasteiger partial charge in [-0.05, 0) is 38.9 Å². The summed E-state index contributed by atoms with van der Waals surface area (Å²) in [5, 5.41) is 3.15. The molecule has 0 bridgehead atoms. The first-order valence-electron chi connectivity index (χ1n) is 6.77. The van der Waals surface area contributed by atoms with Crippen LogP contribution in [-0.2, 0) is 11.2 Å². The molecule has 0 saturated heterocycles. The Bertz CT molecular complexity index is 447. The van der Waals surface area contributed by atoms with E-state index in [1.807, 2.05) is 43.3 Å². The quantitative estimate of drug-likeness (QED) is 0.792. The Morgan fingerprint density at radius 3 is 2.58 bits per heavy atom. The Morgan fingerprint density at radius 1 is 1.32 bits per heavy atom. The van der Waals surface area contributed by atoms with E-state index in [-0.39, 0.29) is 11.4 Å². The van der Waals surface area contributed by atoms with E-state index in [0.717, 1.165) is 25.8 Å². The zero-order valence-corrected chi connectivity index (χ0v) is 11.7. The van der Waals surface area contributed by atoms with Gasteiger partial charge >= 0.3 is 0 Å². The van der Waals surface area contributed by atoms with E-state index < -0.39 is 0 Å². The fourth-order valence-electron chi connectivity index (χ4n) is 2.16. The summed E-state index contributed by atoms with van der Waals surface area (Å²) in [4.78, 5) is 13.9. The molecule has 0 unspecified atom stereocenters. The van der Waals surface area contributed by atoms with Crippen molar-refractivity contribution >= 4 is 5.91 Å². The maximum absolute atomic E-state index is 11.9. The van der Waals surface area contributed by atoms with Crippen molar-refractivity contribution in [3.05, 3.63) is 48.0 Å². The van der Waals surface area contributed by atoms with Gasteiger partial charge < -0.3 is 10.2 Å². The molecule has 0 aromatic heterocycles. The second-order valence-corrected chi connectivity index (χ2v) is 5.60. The normalized spacial score (nSPS) is 16.8. The minimum Gasteiger partial charge on any atom is -0.347 e. The van der Waals surface area contributed by atoms with Crippen LogP contribution >= 0.6 is 0 Å². The van der Waals surface area contributed by atoms with Crippen molar-refractivity contribution in [1.29, 1.82) is 0 Å². The van der Waals surface area contributed by atoms with Gasteiger partial charge in [0.05, 0.1) is 0 Å². The zero-order chi connectivity index (χ0) is 13.7. The molecule has 102 valence electrons. The highest BCUT2D eigenvalue weighted by atomic mass is 16.1. The lowest BCUT2D eigenvalue weighted by atomic mass is 10.0. The number of nitrogens with zero attached hydrogens (tertiary/aromatic N) is 1. The van der Waals surface area contributed by atoms with Crippen LogP contribution in [0, 0.1) is 0 Å². The van der Waals surface area contributed by atoms with Gasteiger partial charge in [0.2, 0.25) is 5.91 Å². The third-order valence-electron chi connectivity index (χ3n) is 3.37. The molecule has 1 aliphatic rings. The van der Waals surface area contributed by atoms with Crippen molar-refractivity contribution < 1.29 is 4.79 Å². The number of nitrogens with one attached hydrogen (secondary N) is 1. The summed E-state index contributed by atoms with van der Waals surface area (Å²) in [6.07, 6.45) is 6.63. The molecule has 3 heteroatoms. The predicted molar refractivity (Wildman–Crippen MR) is 77.9 cm³/mol. The van der Waals surface area contributed by atoms with Gasteiger partial charge in [0.1, 0.15) is 0 Å². The Balaban J connectivity index is 1.85. The Hall–Kier alpha value is -1.61. The lowest BCUT2D eigenvalue weighted by Crippen LogP contribution is -2.37. The molecule has 0 aliphatic heterocycles. The van der Waals surface area contributed by atoms with Gasteiger partial charge in [0.25, 0.3) is 0 Å². The fraction of sp³-hybridized carbons (Fsp3) is 0.438. The molecule has 3 nitrogen and oxygen atoms in total. The van der Waals surface area contributed by atoms with Gasteiger partial charge in [-0.15, -0.1) is 0 Å². The van der Waals surface area contributed by atoms with E-state index in [2.05, 4.69) is 17.4 Å². The maximum atomic E-state index is 11.9. The van der Waals surface area contributed by atoms with Crippen molar-refractivity contribution in [3.8, 4) is 0 Å². The number of hydrogen-bond donors (Lipinski definition) is 1. The van der Waals surface area contributed by atoms with Crippen LogP contribution in [0.25, 0.3) is 0 Å². The Kier molecular flexibility index (Phi) is 4.38. The number of amides is 1. The standard InChI is InChI=1S/C16H22N2O/c1-18(2)12-6-9-15(19)17-16(10-11-16)13-14-7-4-3-5-8-14/h3-9H,10-13H2,1-2H3,(H,17,19)/b9-6+. The predicted octanol–water partition coefficient (Wildman–Crippen LogP) is 2.00. The van der Waals surface area contributed by atoms with Crippen LogP contribution in [-0.4, -0.2) is 37.0 Å². The van der Waals surface area contributed by atoms with Crippen LogP contribution in [0.15, 0.2) is 42.5 Å². The number of carbonyl (C=O) groups is 1. The van der Waals surface area contributed by atoms with Crippen molar-refractivity contribution in [3.63, 3.8) is 0 Å². The topological polar surface area (TPSA) is 32.3 Å². The molecule has 1 fully saturated rings. The second-order valence-electron chi connectivity index (χ2n) is 5.60. The molecule has 0 heterocycles. The van der Waals surface area contributed by atoms with Gasteiger partial charge in [0, 0.05) is 18.2 Å². The molecule has 1 amide bonds. The summed E-state index contributed by atoms with van der Waals surface area (Å²) in [5.74, 6) is 0.0234. The Labute approximate surface area is 115 Å². The van der Waals surface area contributed by atoms with Gasteiger partial charge in [0.15, 0.2) is 0 Å². The molecule has 2 rings (SSSR count). The highest BCUT2D eigenvalue weighted by Crippen LogP contribution is 2.38. The zero-order valence-electron chi connectivity index (χ0n) is 11.7. The van der Waals surface area contributed by atoms with Gasteiger partial charge in [-0.1, -0.05) is 36.4 Å². The van der Waals surface area contributed by atoms with Crippen LogP contribution in [0.3, 0.4) is 0 Å². The summed E-state index contributed by atoms with van der Waals surface area (Å²) in [7, 11) is 3.97. The average molecular weight is 258 g/mol. The number of rotatable bonds is 6. The lowest BCUT2D eigenvalue weighted by Gasteiger charge is -2.16.